The van der Waals surface area contributed by atoms with Crippen LogP contribution in [0.1, 0.15) is 318 Å². The van der Waals surface area contributed by atoms with E-state index in [1.165, 1.54) is 199 Å². The molecule has 0 bridgehead atoms. The van der Waals surface area contributed by atoms with Crippen molar-refractivity contribution in [1.29, 1.82) is 0 Å². The Morgan fingerprint density at radius 2 is 0.547 bits per heavy atom. The standard InChI is InChI=1S/C58H112O6/c1-7-54(6)46-40-34-28-22-17-19-24-30-36-42-48-57(60)63-51-55(50-62-56(59)47-41-35-29-23-18-16-21-27-33-39-45-53(4)5)64-58(61)49-43-37-31-25-15-13-11-9-8-10-12-14-20-26-32-38-44-52(2)3/h52-55H,7-51H2,1-6H3/t54?,55-/m0/s1. The second kappa shape index (κ2) is 49.3. The number of unbranched alkanes of at least 4 members (excludes halogenated alkanes) is 33. The fourth-order valence-corrected chi connectivity index (χ4v) is 8.79. The van der Waals surface area contributed by atoms with Crippen molar-refractivity contribution in [2.24, 2.45) is 17.8 Å². The Kier molecular flexibility index (Phi) is 48.1. The van der Waals surface area contributed by atoms with Gasteiger partial charge in [-0.15, -0.1) is 0 Å². The number of carbonyl (C=O) groups is 3. The molecule has 0 aromatic heterocycles. The Hall–Kier alpha value is -1.59. The van der Waals surface area contributed by atoms with E-state index in [0.717, 1.165) is 75.5 Å². The van der Waals surface area contributed by atoms with Gasteiger partial charge in [0, 0.05) is 19.3 Å². The van der Waals surface area contributed by atoms with E-state index in [2.05, 4.69) is 41.5 Å². The maximum absolute atomic E-state index is 12.9. The molecule has 0 spiro atoms. The molecule has 6 nitrogen and oxygen atoms in total. The largest absolute Gasteiger partial charge is 0.462 e. The number of carbonyl (C=O) groups excluding carboxylic acids is 3. The van der Waals surface area contributed by atoms with Gasteiger partial charge in [0.15, 0.2) is 6.10 Å². The zero-order valence-electron chi connectivity index (χ0n) is 44.1. The van der Waals surface area contributed by atoms with Crippen molar-refractivity contribution in [3.63, 3.8) is 0 Å². The highest BCUT2D eigenvalue weighted by Crippen LogP contribution is 2.19. The van der Waals surface area contributed by atoms with Crippen LogP contribution in [0.25, 0.3) is 0 Å². The number of hydrogen-bond donors (Lipinski definition) is 0. The van der Waals surface area contributed by atoms with Gasteiger partial charge in [0.2, 0.25) is 0 Å². The first-order valence-electron chi connectivity index (χ1n) is 28.6. The number of hydrogen-bond acceptors (Lipinski definition) is 6. The summed E-state index contributed by atoms with van der Waals surface area (Å²) in [4.78, 5) is 38.1. The van der Waals surface area contributed by atoms with Crippen LogP contribution in [0.15, 0.2) is 0 Å². The second-order valence-electron chi connectivity index (χ2n) is 21.1. The lowest BCUT2D eigenvalue weighted by Gasteiger charge is -2.18. The van der Waals surface area contributed by atoms with Crippen LogP contribution in [0.4, 0.5) is 0 Å². The molecule has 1 unspecified atom stereocenters. The van der Waals surface area contributed by atoms with Crippen molar-refractivity contribution in [2.75, 3.05) is 13.2 Å². The van der Waals surface area contributed by atoms with Gasteiger partial charge >= 0.3 is 17.9 Å². The Bertz CT molecular complexity index is 993. The van der Waals surface area contributed by atoms with Crippen LogP contribution in [0.2, 0.25) is 0 Å². The van der Waals surface area contributed by atoms with Gasteiger partial charge in [-0.25, -0.2) is 0 Å². The highest BCUT2D eigenvalue weighted by molar-refractivity contribution is 5.71. The smallest absolute Gasteiger partial charge is 0.306 e. The molecule has 0 radical (unpaired) electrons. The first-order valence-corrected chi connectivity index (χ1v) is 28.6. The van der Waals surface area contributed by atoms with Crippen molar-refractivity contribution in [1.82, 2.24) is 0 Å². The van der Waals surface area contributed by atoms with E-state index in [4.69, 9.17) is 14.2 Å². The third kappa shape index (κ3) is 49.8. The number of ether oxygens (including phenoxy) is 3. The highest BCUT2D eigenvalue weighted by Gasteiger charge is 2.19. The van der Waals surface area contributed by atoms with Crippen LogP contribution in [0.3, 0.4) is 0 Å². The zero-order chi connectivity index (χ0) is 47.0. The molecule has 380 valence electrons. The molecule has 0 rings (SSSR count). The van der Waals surface area contributed by atoms with E-state index in [9.17, 15) is 14.4 Å². The van der Waals surface area contributed by atoms with Crippen molar-refractivity contribution in [3.8, 4) is 0 Å². The van der Waals surface area contributed by atoms with E-state index < -0.39 is 6.10 Å². The molecule has 0 aromatic carbocycles. The van der Waals surface area contributed by atoms with Gasteiger partial charge in [-0.2, -0.15) is 0 Å². The molecule has 2 atom stereocenters. The average molecular weight is 906 g/mol. The molecule has 0 aromatic rings. The van der Waals surface area contributed by atoms with Crippen LogP contribution < -0.4 is 0 Å². The minimum absolute atomic E-state index is 0.0640. The van der Waals surface area contributed by atoms with Crippen LogP contribution in [-0.2, 0) is 28.6 Å². The van der Waals surface area contributed by atoms with Crippen LogP contribution in [0, 0.1) is 17.8 Å². The predicted octanol–water partition coefficient (Wildman–Crippen LogP) is 18.7. The first kappa shape index (κ1) is 62.4. The maximum atomic E-state index is 12.9. The van der Waals surface area contributed by atoms with E-state index in [-0.39, 0.29) is 31.1 Å². The van der Waals surface area contributed by atoms with E-state index in [1.54, 1.807) is 0 Å². The average Bonchev–Trinajstić information content (AvgIpc) is 3.27. The molecule has 0 saturated heterocycles. The second-order valence-corrected chi connectivity index (χ2v) is 21.1. The van der Waals surface area contributed by atoms with Gasteiger partial charge < -0.3 is 14.2 Å². The fraction of sp³-hybridized carbons (Fsp3) is 0.948. The van der Waals surface area contributed by atoms with Gasteiger partial charge in [-0.3, -0.25) is 14.4 Å². The third-order valence-electron chi connectivity index (χ3n) is 13.5. The monoisotopic (exact) mass is 905 g/mol. The Morgan fingerprint density at radius 3 is 0.812 bits per heavy atom. The van der Waals surface area contributed by atoms with Gasteiger partial charge in [0.05, 0.1) is 0 Å². The van der Waals surface area contributed by atoms with Crippen molar-refractivity contribution in [2.45, 2.75) is 324 Å². The lowest BCUT2D eigenvalue weighted by molar-refractivity contribution is -0.167. The van der Waals surface area contributed by atoms with E-state index >= 15 is 0 Å². The molecule has 0 aliphatic heterocycles. The summed E-state index contributed by atoms with van der Waals surface area (Å²) < 4.78 is 16.9. The molecule has 0 aliphatic rings. The molecule has 0 N–H and O–H groups in total. The van der Waals surface area contributed by atoms with Gasteiger partial charge in [-0.05, 0) is 37.0 Å². The number of esters is 3. The van der Waals surface area contributed by atoms with Crippen molar-refractivity contribution < 1.29 is 28.6 Å². The summed E-state index contributed by atoms with van der Waals surface area (Å²) in [6.45, 7) is 13.8. The summed E-state index contributed by atoms with van der Waals surface area (Å²) in [5, 5.41) is 0. The molecule has 0 amide bonds. The lowest BCUT2D eigenvalue weighted by Crippen LogP contribution is -2.30. The lowest BCUT2D eigenvalue weighted by atomic mass is 9.99. The molecule has 0 saturated carbocycles. The topological polar surface area (TPSA) is 78.9 Å². The molecule has 0 fully saturated rings. The summed E-state index contributed by atoms with van der Waals surface area (Å²) in [7, 11) is 0. The van der Waals surface area contributed by atoms with E-state index in [1.807, 2.05) is 0 Å². The Balaban J connectivity index is 4.30. The first-order chi connectivity index (χ1) is 31.1. The van der Waals surface area contributed by atoms with Gasteiger partial charge in [0.1, 0.15) is 13.2 Å². The number of rotatable bonds is 51. The fourth-order valence-electron chi connectivity index (χ4n) is 8.79. The summed E-state index contributed by atoms with van der Waals surface area (Å²) in [6, 6.07) is 0. The van der Waals surface area contributed by atoms with Gasteiger partial charge in [0.25, 0.3) is 0 Å². The minimum Gasteiger partial charge on any atom is -0.462 e. The molecule has 0 heterocycles. The van der Waals surface area contributed by atoms with Crippen molar-refractivity contribution >= 4 is 17.9 Å². The molecule has 6 heteroatoms. The summed E-state index contributed by atoms with van der Waals surface area (Å²) in [5.74, 6) is 1.69. The Morgan fingerprint density at radius 1 is 0.312 bits per heavy atom. The van der Waals surface area contributed by atoms with Crippen LogP contribution in [0.5, 0.6) is 0 Å². The summed E-state index contributed by atoms with van der Waals surface area (Å²) >= 11 is 0. The molecular formula is C58H112O6. The zero-order valence-corrected chi connectivity index (χ0v) is 44.1. The third-order valence-corrected chi connectivity index (χ3v) is 13.5. The molecular weight excluding hydrogens is 793 g/mol. The maximum Gasteiger partial charge on any atom is 0.306 e. The Labute approximate surface area is 399 Å². The van der Waals surface area contributed by atoms with Gasteiger partial charge in [-0.1, -0.05) is 279 Å². The van der Waals surface area contributed by atoms with Crippen LogP contribution >= 0.6 is 0 Å². The quantitative estimate of drug-likeness (QED) is 0.0344. The molecule has 64 heavy (non-hydrogen) atoms. The SMILES string of the molecule is CCC(C)CCCCCCCCCCCCC(=O)OC[C@H](COC(=O)CCCCCCCCCCCCC(C)C)OC(=O)CCCCCCCCCCCCCCCCCCC(C)C. The minimum atomic E-state index is -0.764. The summed E-state index contributed by atoms with van der Waals surface area (Å²) in [5.41, 5.74) is 0. The summed E-state index contributed by atoms with van der Waals surface area (Å²) in [6.07, 6.45) is 50.9. The van der Waals surface area contributed by atoms with E-state index in [0.29, 0.717) is 19.3 Å². The normalized spacial score (nSPS) is 12.6. The van der Waals surface area contributed by atoms with Crippen LogP contribution in [-0.4, -0.2) is 37.2 Å². The highest BCUT2D eigenvalue weighted by atomic mass is 16.6. The predicted molar refractivity (Wildman–Crippen MR) is 275 cm³/mol. The van der Waals surface area contributed by atoms with Crippen molar-refractivity contribution in [3.05, 3.63) is 0 Å². The molecule has 0 aliphatic carbocycles.